The van der Waals surface area contributed by atoms with E-state index in [1.54, 1.807) is 0 Å². The third-order valence-electron chi connectivity index (χ3n) is 4.43. The minimum Gasteiger partial charge on any atom is -0.480 e. The molecule has 0 aliphatic heterocycles. The highest BCUT2D eigenvalue weighted by molar-refractivity contribution is 5.95. The van der Waals surface area contributed by atoms with Gasteiger partial charge in [-0.3, -0.25) is 28.8 Å². The van der Waals surface area contributed by atoms with E-state index in [4.69, 9.17) is 22.9 Å². The Morgan fingerprint density at radius 2 is 1.21 bits per heavy atom. The van der Waals surface area contributed by atoms with Crippen LogP contribution in [0.1, 0.15) is 39.0 Å². The smallest absolute Gasteiger partial charge is 0.326 e. The lowest BCUT2D eigenvalue weighted by molar-refractivity contribution is -0.143. The lowest BCUT2D eigenvalue weighted by Crippen LogP contribution is -2.60. The molecule has 192 valence electrons. The van der Waals surface area contributed by atoms with Gasteiger partial charge < -0.3 is 49.1 Å². The lowest BCUT2D eigenvalue weighted by atomic mass is 10.1. The van der Waals surface area contributed by atoms with Gasteiger partial charge in [0.1, 0.15) is 18.1 Å². The number of carboxylic acids is 1. The zero-order valence-electron chi connectivity index (χ0n) is 18.5. The van der Waals surface area contributed by atoms with Crippen molar-refractivity contribution in [2.45, 2.75) is 69.3 Å². The van der Waals surface area contributed by atoms with Gasteiger partial charge in [-0.25, -0.2) is 4.79 Å². The van der Waals surface area contributed by atoms with Gasteiger partial charge in [0, 0.05) is 12.8 Å². The molecule has 0 aliphatic rings. The number of aliphatic hydroxyl groups is 1. The van der Waals surface area contributed by atoms with Gasteiger partial charge in [-0.05, 0) is 19.8 Å². The average molecular weight is 489 g/mol. The molecule has 13 N–H and O–H groups in total. The molecule has 0 saturated heterocycles. The standard InChI is InChI=1S/C18H31N7O9/c1-7(26)14(17(32)24-10(18(33)34)3-5-12(21)28)25-16(31)9(2-4-11(20)27)23-15(30)8(19)6-13(22)29/h7-10,14,26H,2-6,19H2,1H3,(H2,20,27)(H2,21,28)(H2,22,29)(H,23,30)(H,24,32)(H,25,31)(H,33,34). The molecule has 0 aromatic rings. The number of hydrogen-bond donors (Lipinski definition) is 9. The van der Waals surface area contributed by atoms with Crippen molar-refractivity contribution in [1.29, 1.82) is 0 Å². The van der Waals surface area contributed by atoms with E-state index in [2.05, 4.69) is 16.0 Å². The normalized spacial score (nSPS) is 15.0. The van der Waals surface area contributed by atoms with Crippen LogP contribution in [-0.2, 0) is 33.6 Å². The van der Waals surface area contributed by atoms with E-state index < -0.39 is 78.1 Å². The van der Waals surface area contributed by atoms with Crippen LogP contribution in [0.4, 0.5) is 0 Å². The van der Waals surface area contributed by atoms with Gasteiger partial charge in [-0.15, -0.1) is 0 Å². The second kappa shape index (κ2) is 14.4. The van der Waals surface area contributed by atoms with Crippen molar-refractivity contribution in [1.82, 2.24) is 16.0 Å². The number of carboxylic acid groups (broad SMARTS) is 1. The largest absolute Gasteiger partial charge is 0.480 e. The number of amides is 6. The first-order chi connectivity index (χ1) is 15.6. The quantitative estimate of drug-likeness (QED) is 0.0990. The first-order valence-electron chi connectivity index (χ1n) is 10.1. The van der Waals surface area contributed by atoms with E-state index in [1.165, 1.54) is 0 Å². The fraction of sp³-hybridized carbons (Fsp3) is 0.611. The van der Waals surface area contributed by atoms with Crippen LogP contribution in [0.15, 0.2) is 0 Å². The predicted molar refractivity (Wildman–Crippen MR) is 114 cm³/mol. The number of carbonyl (C=O) groups excluding carboxylic acids is 6. The minimum absolute atomic E-state index is 0.319. The maximum Gasteiger partial charge on any atom is 0.326 e. The number of nitrogens with two attached hydrogens (primary N) is 4. The molecule has 0 heterocycles. The number of aliphatic hydroxyl groups excluding tert-OH is 1. The van der Waals surface area contributed by atoms with Crippen LogP contribution >= 0.6 is 0 Å². The highest BCUT2D eigenvalue weighted by atomic mass is 16.4. The molecule has 0 aliphatic carbocycles. The number of rotatable bonds is 16. The van der Waals surface area contributed by atoms with Gasteiger partial charge in [0.05, 0.1) is 18.6 Å². The summed E-state index contributed by atoms with van der Waals surface area (Å²) in [5, 5.41) is 25.6. The summed E-state index contributed by atoms with van der Waals surface area (Å²) in [7, 11) is 0. The molecule has 0 bridgehead atoms. The SMILES string of the molecule is CC(O)C(NC(=O)C(CCC(N)=O)NC(=O)C(N)CC(N)=O)C(=O)NC(CCC(N)=O)C(=O)O. The summed E-state index contributed by atoms with van der Waals surface area (Å²) in [4.78, 5) is 81.7. The van der Waals surface area contributed by atoms with Crippen molar-refractivity contribution >= 4 is 41.4 Å². The zero-order chi connectivity index (χ0) is 26.6. The first-order valence-corrected chi connectivity index (χ1v) is 10.1. The van der Waals surface area contributed by atoms with Gasteiger partial charge in [-0.1, -0.05) is 0 Å². The summed E-state index contributed by atoms with van der Waals surface area (Å²) in [5.74, 6) is -7.08. The van der Waals surface area contributed by atoms with Gasteiger partial charge in [0.2, 0.25) is 35.4 Å². The third kappa shape index (κ3) is 11.7. The van der Waals surface area contributed by atoms with Gasteiger partial charge in [-0.2, -0.15) is 0 Å². The number of hydrogen-bond acceptors (Lipinski definition) is 9. The molecule has 34 heavy (non-hydrogen) atoms. The summed E-state index contributed by atoms with van der Waals surface area (Å²) in [6.07, 6.45) is -3.43. The molecule has 0 saturated carbocycles. The highest BCUT2D eigenvalue weighted by Crippen LogP contribution is 2.04. The molecule has 0 rings (SSSR count). The molecule has 0 fully saturated rings. The Kier molecular flexibility index (Phi) is 12.8. The summed E-state index contributed by atoms with van der Waals surface area (Å²) in [5.41, 5.74) is 20.5. The van der Waals surface area contributed by atoms with Crippen molar-refractivity contribution < 1.29 is 43.8 Å². The Hall–Kier alpha value is -3.79. The monoisotopic (exact) mass is 489 g/mol. The average Bonchev–Trinajstić information content (AvgIpc) is 2.70. The van der Waals surface area contributed by atoms with E-state index in [1.807, 2.05) is 0 Å². The van der Waals surface area contributed by atoms with Crippen LogP contribution in [0.25, 0.3) is 0 Å². The van der Waals surface area contributed by atoms with Crippen molar-refractivity contribution in [3.05, 3.63) is 0 Å². The van der Waals surface area contributed by atoms with Crippen molar-refractivity contribution in [3.8, 4) is 0 Å². The topological polar surface area (TPSA) is 300 Å². The molecule has 0 radical (unpaired) electrons. The van der Waals surface area contributed by atoms with E-state index in [-0.39, 0.29) is 25.7 Å². The summed E-state index contributed by atoms with van der Waals surface area (Å²) < 4.78 is 0. The molecule has 0 spiro atoms. The lowest BCUT2D eigenvalue weighted by Gasteiger charge is -2.26. The summed E-state index contributed by atoms with van der Waals surface area (Å²) in [6.45, 7) is 1.13. The molecular weight excluding hydrogens is 458 g/mol. The van der Waals surface area contributed by atoms with Crippen LogP contribution in [0.5, 0.6) is 0 Å². The van der Waals surface area contributed by atoms with Crippen LogP contribution < -0.4 is 38.9 Å². The van der Waals surface area contributed by atoms with Crippen LogP contribution in [0.2, 0.25) is 0 Å². The molecule has 0 aromatic carbocycles. The predicted octanol–water partition coefficient (Wildman–Crippen LogP) is -5.36. The van der Waals surface area contributed by atoms with Crippen molar-refractivity contribution in [2.24, 2.45) is 22.9 Å². The Bertz CT molecular complexity index is 803. The van der Waals surface area contributed by atoms with Crippen LogP contribution in [0, 0.1) is 0 Å². The molecule has 16 nitrogen and oxygen atoms in total. The zero-order valence-corrected chi connectivity index (χ0v) is 18.5. The van der Waals surface area contributed by atoms with Gasteiger partial charge in [0.25, 0.3) is 0 Å². The Morgan fingerprint density at radius 1 is 0.735 bits per heavy atom. The highest BCUT2D eigenvalue weighted by Gasteiger charge is 2.33. The van der Waals surface area contributed by atoms with Crippen LogP contribution in [-0.4, -0.2) is 81.9 Å². The maximum atomic E-state index is 12.7. The molecule has 5 atom stereocenters. The fourth-order valence-corrected chi connectivity index (χ4v) is 2.61. The molecule has 0 aromatic heterocycles. The second-order valence-corrected chi connectivity index (χ2v) is 7.47. The van der Waals surface area contributed by atoms with Gasteiger partial charge >= 0.3 is 5.97 Å². The van der Waals surface area contributed by atoms with E-state index in [9.17, 15) is 43.8 Å². The fourth-order valence-electron chi connectivity index (χ4n) is 2.61. The van der Waals surface area contributed by atoms with Gasteiger partial charge in [0.15, 0.2) is 0 Å². The van der Waals surface area contributed by atoms with Crippen molar-refractivity contribution in [2.75, 3.05) is 0 Å². The van der Waals surface area contributed by atoms with Crippen LogP contribution in [0.3, 0.4) is 0 Å². The molecule has 5 unspecified atom stereocenters. The minimum atomic E-state index is -1.68. The van der Waals surface area contributed by atoms with E-state index in [0.29, 0.717) is 0 Å². The van der Waals surface area contributed by atoms with E-state index in [0.717, 1.165) is 6.92 Å². The second-order valence-electron chi connectivity index (χ2n) is 7.47. The molecule has 16 heteroatoms. The number of primary amides is 3. The number of aliphatic carboxylic acids is 1. The molecular formula is C18H31N7O9. The first kappa shape index (κ1) is 30.2. The Labute approximate surface area is 194 Å². The van der Waals surface area contributed by atoms with Crippen molar-refractivity contribution in [3.63, 3.8) is 0 Å². The number of nitrogens with one attached hydrogen (secondary N) is 3. The Balaban J connectivity index is 5.50. The molecule has 6 amide bonds. The summed E-state index contributed by atoms with van der Waals surface area (Å²) >= 11 is 0. The summed E-state index contributed by atoms with van der Waals surface area (Å²) in [6, 6.07) is -6.09. The maximum absolute atomic E-state index is 12.7. The number of carbonyl (C=O) groups is 7. The Morgan fingerprint density at radius 3 is 1.62 bits per heavy atom. The third-order valence-corrected chi connectivity index (χ3v) is 4.43. The van der Waals surface area contributed by atoms with E-state index >= 15 is 0 Å².